The lowest BCUT2D eigenvalue weighted by Gasteiger charge is -2.29. The maximum atomic E-state index is 11.8. The Bertz CT molecular complexity index is 652. The summed E-state index contributed by atoms with van der Waals surface area (Å²) in [4.78, 5) is 34.9. The summed E-state index contributed by atoms with van der Waals surface area (Å²) in [5.41, 5.74) is -0.121. The van der Waals surface area contributed by atoms with Gasteiger partial charge in [0.1, 0.15) is 5.57 Å². The van der Waals surface area contributed by atoms with Gasteiger partial charge in [0.05, 0.1) is 5.56 Å². The molecular formula is C14H11IO6. The normalized spacial score (nSPS) is 17.0. The van der Waals surface area contributed by atoms with Gasteiger partial charge in [-0.15, -0.1) is 0 Å². The number of hydrogen-bond donors (Lipinski definition) is 1. The highest BCUT2D eigenvalue weighted by molar-refractivity contribution is 14.1. The van der Waals surface area contributed by atoms with E-state index in [2.05, 4.69) is 0 Å². The molecular weight excluding hydrogens is 391 g/mol. The van der Waals surface area contributed by atoms with Crippen molar-refractivity contribution in [2.75, 3.05) is 0 Å². The van der Waals surface area contributed by atoms with E-state index in [9.17, 15) is 14.4 Å². The Kier molecular flexibility index (Phi) is 4.04. The van der Waals surface area contributed by atoms with Crippen molar-refractivity contribution in [2.24, 2.45) is 0 Å². The smallest absolute Gasteiger partial charge is 0.348 e. The van der Waals surface area contributed by atoms with Gasteiger partial charge in [0.15, 0.2) is 0 Å². The van der Waals surface area contributed by atoms with Crippen LogP contribution < -0.4 is 0 Å². The predicted molar refractivity (Wildman–Crippen MR) is 80.4 cm³/mol. The van der Waals surface area contributed by atoms with E-state index in [1.165, 1.54) is 32.1 Å². The minimum Gasteiger partial charge on any atom is -0.478 e. The topological polar surface area (TPSA) is 89.9 Å². The molecule has 1 aliphatic heterocycles. The van der Waals surface area contributed by atoms with Gasteiger partial charge < -0.3 is 14.6 Å². The average Bonchev–Trinajstić information content (AvgIpc) is 2.33. The van der Waals surface area contributed by atoms with E-state index < -0.39 is 23.7 Å². The summed E-state index contributed by atoms with van der Waals surface area (Å²) >= 11 is 1.97. The lowest BCUT2D eigenvalue weighted by molar-refractivity contribution is -0.222. The number of carboxylic acids is 1. The average molecular weight is 402 g/mol. The maximum absolute atomic E-state index is 11.8. The molecule has 21 heavy (non-hydrogen) atoms. The molecule has 7 heteroatoms. The molecule has 0 atom stereocenters. The lowest BCUT2D eigenvalue weighted by Crippen LogP contribution is -2.41. The zero-order valence-electron chi connectivity index (χ0n) is 11.2. The Hall–Kier alpha value is -1.90. The molecule has 0 radical (unpaired) electrons. The molecule has 0 amide bonds. The molecule has 1 aliphatic rings. The molecule has 2 rings (SSSR count). The Morgan fingerprint density at radius 1 is 1.24 bits per heavy atom. The predicted octanol–water partition coefficient (Wildman–Crippen LogP) is 2.21. The van der Waals surface area contributed by atoms with E-state index in [0.29, 0.717) is 0 Å². The Morgan fingerprint density at radius 3 is 2.33 bits per heavy atom. The lowest BCUT2D eigenvalue weighted by atomic mass is 10.0. The van der Waals surface area contributed by atoms with Gasteiger partial charge in [-0.1, -0.05) is 6.07 Å². The standard InChI is InChI=1S/C14H11IO6/c1-14(2)20-12(18)10(13(19)21-14)5-7-3-4-8(15)6-9(7)11(16)17/h3-6H,1-2H3,(H,16,17). The molecule has 110 valence electrons. The number of carbonyl (C=O) groups is 3. The van der Waals surface area contributed by atoms with Crippen LogP contribution in [-0.4, -0.2) is 28.8 Å². The number of carbonyl (C=O) groups excluding carboxylic acids is 2. The fraction of sp³-hybridized carbons (Fsp3) is 0.214. The fourth-order valence-electron chi connectivity index (χ4n) is 1.77. The summed E-state index contributed by atoms with van der Waals surface area (Å²) in [6.45, 7) is 2.88. The maximum Gasteiger partial charge on any atom is 0.348 e. The largest absolute Gasteiger partial charge is 0.478 e. The number of carboxylic acid groups (broad SMARTS) is 1. The first-order valence-corrected chi connectivity index (χ1v) is 6.99. The monoisotopic (exact) mass is 402 g/mol. The number of cyclic esters (lactones) is 2. The first-order valence-electron chi connectivity index (χ1n) is 5.91. The van der Waals surface area contributed by atoms with Gasteiger partial charge in [0.2, 0.25) is 0 Å². The number of benzene rings is 1. The zero-order valence-corrected chi connectivity index (χ0v) is 13.3. The van der Waals surface area contributed by atoms with Crippen LogP contribution in [-0.2, 0) is 19.1 Å². The van der Waals surface area contributed by atoms with Crippen LogP contribution in [0.25, 0.3) is 6.08 Å². The molecule has 6 nitrogen and oxygen atoms in total. The van der Waals surface area contributed by atoms with E-state index >= 15 is 0 Å². The van der Waals surface area contributed by atoms with Crippen LogP contribution in [0.1, 0.15) is 29.8 Å². The van der Waals surface area contributed by atoms with E-state index in [1.807, 2.05) is 22.6 Å². The van der Waals surface area contributed by atoms with Crippen LogP contribution in [0.5, 0.6) is 0 Å². The van der Waals surface area contributed by atoms with E-state index in [1.54, 1.807) is 6.07 Å². The number of esters is 2. The third-order valence-electron chi connectivity index (χ3n) is 2.66. The third kappa shape index (κ3) is 3.41. The highest BCUT2D eigenvalue weighted by Gasteiger charge is 2.39. The van der Waals surface area contributed by atoms with Gasteiger partial charge >= 0.3 is 17.9 Å². The molecule has 1 saturated heterocycles. The number of halogens is 1. The number of hydrogen-bond acceptors (Lipinski definition) is 5. The van der Waals surface area contributed by atoms with Crippen LogP contribution in [0.15, 0.2) is 23.8 Å². The summed E-state index contributed by atoms with van der Waals surface area (Å²) in [6.07, 6.45) is 1.17. The summed E-state index contributed by atoms with van der Waals surface area (Å²) in [6, 6.07) is 4.63. The molecule has 0 unspecified atom stereocenters. The molecule has 0 aliphatic carbocycles. The second-order valence-electron chi connectivity index (χ2n) is 4.77. The van der Waals surface area contributed by atoms with E-state index in [-0.39, 0.29) is 16.7 Å². The van der Waals surface area contributed by atoms with Crippen molar-refractivity contribution in [1.82, 2.24) is 0 Å². The number of ether oxygens (including phenoxy) is 2. The van der Waals surface area contributed by atoms with Crippen LogP contribution >= 0.6 is 22.6 Å². The van der Waals surface area contributed by atoms with Crippen LogP contribution in [0.2, 0.25) is 0 Å². The second-order valence-corrected chi connectivity index (χ2v) is 6.02. The van der Waals surface area contributed by atoms with Crippen LogP contribution in [0, 0.1) is 3.57 Å². The Labute approximate surface area is 133 Å². The Morgan fingerprint density at radius 2 is 1.81 bits per heavy atom. The van der Waals surface area contributed by atoms with Gasteiger partial charge in [-0.3, -0.25) is 0 Å². The van der Waals surface area contributed by atoms with Crippen molar-refractivity contribution in [1.29, 1.82) is 0 Å². The number of aromatic carboxylic acids is 1. The van der Waals surface area contributed by atoms with Crippen LogP contribution in [0.4, 0.5) is 0 Å². The van der Waals surface area contributed by atoms with Crippen molar-refractivity contribution in [3.8, 4) is 0 Å². The Balaban J connectivity index is 2.47. The van der Waals surface area contributed by atoms with Crippen molar-refractivity contribution in [2.45, 2.75) is 19.6 Å². The van der Waals surface area contributed by atoms with Gasteiger partial charge in [0, 0.05) is 17.4 Å². The van der Waals surface area contributed by atoms with Crippen molar-refractivity contribution < 1.29 is 29.0 Å². The van der Waals surface area contributed by atoms with Gasteiger partial charge in [0.25, 0.3) is 5.79 Å². The van der Waals surface area contributed by atoms with Gasteiger partial charge in [-0.25, -0.2) is 14.4 Å². The molecule has 0 spiro atoms. The first-order chi connectivity index (χ1) is 9.69. The SMILES string of the molecule is CC1(C)OC(=O)C(=Cc2ccc(I)cc2C(=O)O)C(=O)O1. The fourth-order valence-corrected chi connectivity index (χ4v) is 2.26. The first kappa shape index (κ1) is 15.5. The quantitative estimate of drug-likeness (QED) is 0.353. The highest BCUT2D eigenvalue weighted by Crippen LogP contribution is 2.25. The van der Waals surface area contributed by atoms with Crippen molar-refractivity contribution >= 4 is 46.6 Å². The summed E-state index contributed by atoms with van der Waals surface area (Å²) in [5, 5.41) is 9.17. The molecule has 0 bridgehead atoms. The summed E-state index contributed by atoms with van der Waals surface area (Å²) in [7, 11) is 0. The van der Waals surface area contributed by atoms with E-state index in [4.69, 9.17) is 14.6 Å². The zero-order chi connectivity index (χ0) is 15.8. The molecule has 1 aromatic carbocycles. The minimum atomic E-state index is -1.33. The highest BCUT2D eigenvalue weighted by atomic mass is 127. The van der Waals surface area contributed by atoms with Crippen molar-refractivity contribution in [3.63, 3.8) is 0 Å². The van der Waals surface area contributed by atoms with Gasteiger partial charge in [-0.05, 0) is 46.4 Å². The molecule has 1 heterocycles. The molecule has 1 aromatic rings. The van der Waals surface area contributed by atoms with Crippen LogP contribution in [0.3, 0.4) is 0 Å². The molecule has 1 N–H and O–H groups in total. The molecule has 1 fully saturated rings. The molecule has 0 aromatic heterocycles. The van der Waals surface area contributed by atoms with Crippen molar-refractivity contribution in [3.05, 3.63) is 38.5 Å². The van der Waals surface area contributed by atoms with Gasteiger partial charge in [-0.2, -0.15) is 0 Å². The second kappa shape index (κ2) is 5.47. The third-order valence-corrected chi connectivity index (χ3v) is 3.33. The summed E-state index contributed by atoms with van der Waals surface area (Å²) < 4.78 is 10.6. The van der Waals surface area contributed by atoms with E-state index in [0.717, 1.165) is 3.57 Å². The minimum absolute atomic E-state index is 0.0140. The summed E-state index contributed by atoms with van der Waals surface area (Å²) in [5.74, 6) is -4.16. The number of rotatable bonds is 2. The molecule has 0 saturated carbocycles.